The van der Waals surface area contributed by atoms with E-state index in [-0.39, 0.29) is 0 Å². The minimum atomic E-state index is 0.531. The van der Waals surface area contributed by atoms with E-state index in [1.54, 1.807) is 6.92 Å². The highest BCUT2D eigenvalue weighted by atomic mass is 35.5. The van der Waals surface area contributed by atoms with Crippen molar-refractivity contribution in [1.82, 2.24) is 10.1 Å². The van der Waals surface area contributed by atoms with Crippen LogP contribution < -0.4 is 0 Å². The van der Waals surface area contributed by atoms with E-state index in [0.717, 1.165) is 21.7 Å². The van der Waals surface area contributed by atoms with Crippen molar-refractivity contribution in [2.24, 2.45) is 0 Å². The fourth-order valence-electron chi connectivity index (χ4n) is 1.96. The molecule has 19 heavy (non-hydrogen) atoms. The number of aromatic nitrogens is 2. The molecule has 0 radical (unpaired) electrons. The Bertz CT molecular complexity index is 704. The minimum absolute atomic E-state index is 0.531. The zero-order valence-corrected chi connectivity index (χ0v) is 11.1. The number of hydrogen-bond donors (Lipinski definition) is 0. The van der Waals surface area contributed by atoms with Gasteiger partial charge in [0.05, 0.1) is 0 Å². The lowest BCUT2D eigenvalue weighted by Crippen LogP contribution is -1.85. The van der Waals surface area contributed by atoms with Crippen molar-refractivity contribution >= 4 is 11.6 Å². The highest BCUT2D eigenvalue weighted by Gasteiger charge is 2.12. The summed E-state index contributed by atoms with van der Waals surface area (Å²) in [6.45, 7) is 1.80. The van der Waals surface area contributed by atoms with Crippen molar-refractivity contribution in [3.63, 3.8) is 0 Å². The van der Waals surface area contributed by atoms with Crippen LogP contribution in [-0.2, 0) is 0 Å². The lowest BCUT2D eigenvalue weighted by atomic mass is 10.00. The summed E-state index contributed by atoms with van der Waals surface area (Å²) in [5, 5.41) is 4.55. The zero-order chi connectivity index (χ0) is 13.2. The van der Waals surface area contributed by atoms with Gasteiger partial charge in [0.15, 0.2) is 5.82 Å². The molecular formula is C15H11ClN2O. The third-order valence-corrected chi connectivity index (χ3v) is 3.09. The first-order chi connectivity index (χ1) is 9.24. The highest BCUT2D eigenvalue weighted by molar-refractivity contribution is 6.30. The van der Waals surface area contributed by atoms with Gasteiger partial charge in [0, 0.05) is 10.6 Å². The van der Waals surface area contributed by atoms with Gasteiger partial charge in [-0.2, -0.15) is 4.98 Å². The average Bonchev–Trinajstić information content (AvgIpc) is 2.86. The Labute approximate surface area is 115 Å². The second-order valence-corrected chi connectivity index (χ2v) is 4.64. The molecule has 0 unspecified atom stereocenters. The van der Waals surface area contributed by atoms with Crippen molar-refractivity contribution in [3.8, 4) is 22.6 Å². The molecule has 94 valence electrons. The van der Waals surface area contributed by atoms with Gasteiger partial charge in [0.25, 0.3) is 5.89 Å². The van der Waals surface area contributed by atoms with Crippen LogP contribution in [0.25, 0.3) is 22.6 Å². The lowest BCUT2D eigenvalue weighted by molar-refractivity contribution is 0.426. The van der Waals surface area contributed by atoms with Crippen molar-refractivity contribution in [2.75, 3.05) is 0 Å². The minimum Gasteiger partial charge on any atom is -0.334 e. The topological polar surface area (TPSA) is 38.9 Å². The first-order valence-corrected chi connectivity index (χ1v) is 6.27. The molecule has 4 heteroatoms. The Morgan fingerprint density at radius 1 is 0.947 bits per heavy atom. The Morgan fingerprint density at radius 3 is 2.26 bits per heavy atom. The fraction of sp³-hybridized carbons (Fsp3) is 0.0667. The van der Waals surface area contributed by atoms with E-state index in [1.807, 2.05) is 48.5 Å². The molecule has 0 bridgehead atoms. The Hall–Kier alpha value is -2.13. The van der Waals surface area contributed by atoms with Crippen LogP contribution in [0.3, 0.4) is 0 Å². The second kappa shape index (κ2) is 4.86. The summed E-state index contributed by atoms with van der Waals surface area (Å²) in [6.07, 6.45) is 0. The molecule has 3 aromatic rings. The van der Waals surface area contributed by atoms with Crippen LogP contribution in [0.5, 0.6) is 0 Å². The molecule has 0 saturated heterocycles. The van der Waals surface area contributed by atoms with Crippen LogP contribution in [0.4, 0.5) is 0 Å². The molecule has 3 nitrogen and oxygen atoms in total. The van der Waals surface area contributed by atoms with Crippen molar-refractivity contribution in [3.05, 3.63) is 59.4 Å². The normalized spacial score (nSPS) is 10.6. The summed E-state index contributed by atoms with van der Waals surface area (Å²) in [6, 6.07) is 15.6. The maximum absolute atomic E-state index is 5.92. The summed E-state index contributed by atoms with van der Waals surface area (Å²) < 4.78 is 5.25. The molecule has 0 amide bonds. The van der Waals surface area contributed by atoms with Crippen molar-refractivity contribution in [1.29, 1.82) is 0 Å². The van der Waals surface area contributed by atoms with Gasteiger partial charge in [-0.05, 0) is 36.2 Å². The Balaban J connectivity index is 2.14. The second-order valence-electron chi connectivity index (χ2n) is 4.20. The lowest BCUT2D eigenvalue weighted by Gasteiger charge is -2.06. The number of aryl methyl sites for hydroxylation is 1. The third kappa shape index (κ3) is 2.37. The maximum Gasteiger partial charge on any atom is 0.258 e. The smallest absolute Gasteiger partial charge is 0.258 e. The van der Waals surface area contributed by atoms with E-state index in [2.05, 4.69) is 10.1 Å². The summed E-state index contributed by atoms with van der Waals surface area (Å²) in [4.78, 5) is 4.28. The molecule has 1 aromatic heterocycles. The number of hydrogen-bond acceptors (Lipinski definition) is 3. The molecule has 2 aromatic carbocycles. The van der Waals surface area contributed by atoms with Crippen LogP contribution in [0.1, 0.15) is 5.82 Å². The van der Waals surface area contributed by atoms with E-state index in [4.69, 9.17) is 16.1 Å². The zero-order valence-electron chi connectivity index (χ0n) is 10.3. The van der Waals surface area contributed by atoms with E-state index in [1.165, 1.54) is 0 Å². The van der Waals surface area contributed by atoms with Crippen LogP contribution in [-0.4, -0.2) is 10.1 Å². The number of benzene rings is 2. The fourth-order valence-corrected chi connectivity index (χ4v) is 2.08. The van der Waals surface area contributed by atoms with E-state index in [9.17, 15) is 0 Å². The molecule has 0 spiro atoms. The molecule has 0 aliphatic heterocycles. The number of nitrogens with zero attached hydrogens (tertiary/aromatic N) is 2. The third-order valence-electron chi connectivity index (χ3n) is 2.84. The van der Waals surface area contributed by atoms with Gasteiger partial charge < -0.3 is 4.52 Å². The molecule has 0 N–H and O–H groups in total. The standard InChI is InChI=1S/C15H11ClN2O/c1-10-17-15(19-18-10)14-5-3-2-4-13(14)11-6-8-12(16)9-7-11/h2-9H,1H3. The van der Waals surface area contributed by atoms with Crippen molar-refractivity contribution in [2.45, 2.75) is 6.92 Å². The monoisotopic (exact) mass is 270 g/mol. The summed E-state index contributed by atoms with van der Waals surface area (Å²) in [7, 11) is 0. The van der Waals surface area contributed by atoms with Gasteiger partial charge >= 0.3 is 0 Å². The largest absolute Gasteiger partial charge is 0.334 e. The van der Waals surface area contributed by atoms with E-state index in [0.29, 0.717) is 11.7 Å². The SMILES string of the molecule is Cc1noc(-c2ccccc2-c2ccc(Cl)cc2)n1. The number of halogens is 1. The predicted octanol–water partition coefficient (Wildman–Crippen LogP) is 4.37. The number of rotatable bonds is 2. The molecule has 0 aliphatic carbocycles. The maximum atomic E-state index is 5.92. The Kier molecular flexibility index (Phi) is 3.05. The van der Waals surface area contributed by atoms with Gasteiger partial charge in [-0.25, -0.2) is 0 Å². The van der Waals surface area contributed by atoms with Gasteiger partial charge in [0.2, 0.25) is 0 Å². The summed E-state index contributed by atoms with van der Waals surface area (Å²) in [5.74, 6) is 1.16. The van der Waals surface area contributed by atoms with Crippen LogP contribution in [0.2, 0.25) is 5.02 Å². The van der Waals surface area contributed by atoms with Crippen LogP contribution in [0.15, 0.2) is 53.1 Å². The summed E-state index contributed by atoms with van der Waals surface area (Å²) in [5.41, 5.74) is 3.03. The van der Waals surface area contributed by atoms with Crippen LogP contribution in [0, 0.1) is 6.92 Å². The van der Waals surface area contributed by atoms with Crippen molar-refractivity contribution < 1.29 is 4.52 Å². The molecule has 1 heterocycles. The highest BCUT2D eigenvalue weighted by Crippen LogP contribution is 2.31. The molecule has 3 rings (SSSR count). The molecular weight excluding hydrogens is 260 g/mol. The van der Waals surface area contributed by atoms with Gasteiger partial charge in [-0.3, -0.25) is 0 Å². The summed E-state index contributed by atoms with van der Waals surface area (Å²) >= 11 is 5.92. The molecule has 0 aliphatic rings. The first-order valence-electron chi connectivity index (χ1n) is 5.90. The Morgan fingerprint density at radius 2 is 1.63 bits per heavy atom. The van der Waals surface area contributed by atoms with Crippen LogP contribution >= 0.6 is 11.6 Å². The van der Waals surface area contributed by atoms with Gasteiger partial charge in [-0.1, -0.05) is 47.1 Å². The first kappa shape index (κ1) is 11.9. The van der Waals surface area contributed by atoms with Gasteiger partial charge in [0.1, 0.15) is 0 Å². The van der Waals surface area contributed by atoms with E-state index < -0.39 is 0 Å². The van der Waals surface area contributed by atoms with Gasteiger partial charge in [-0.15, -0.1) is 0 Å². The molecule has 0 fully saturated rings. The molecule has 0 saturated carbocycles. The average molecular weight is 271 g/mol. The molecule has 0 atom stereocenters. The van der Waals surface area contributed by atoms with E-state index >= 15 is 0 Å². The predicted molar refractivity (Wildman–Crippen MR) is 74.9 cm³/mol. The quantitative estimate of drug-likeness (QED) is 0.694.